The highest BCUT2D eigenvalue weighted by atomic mass is 15.3. The van der Waals surface area contributed by atoms with Crippen LogP contribution in [-0.2, 0) is 6.54 Å². The maximum Gasteiger partial charge on any atom is 0.128 e. The van der Waals surface area contributed by atoms with Crippen molar-refractivity contribution in [3.63, 3.8) is 0 Å². The van der Waals surface area contributed by atoms with Gasteiger partial charge in [0.1, 0.15) is 5.82 Å². The second-order valence-electron chi connectivity index (χ2n) is 6.64. The number of hydrogen-bond acceptors (Lipinski definition) is 3. The van der Waals surface area contributed by atoms with Gasteiger partial charge >= 0.3 is 0 Å². The number of fused-ring (bicyclic) bond motifs is 1. The Morgan fingerprint density at radius 1 is 0.875 bits per heavy atom. The van der Waals surface area contributed by atoms with E-state index in [-0.39, 0.29) is 0 Å². The highest BCUT2D eigenvalue weighted by molar-refractivity contribution is 5.83. The lowest BCUT2D eigenvalue weighted by Gasteiger charge is -2.35. The van der Waals surface area contributed by atoms with E-state index >= 15 is 0 Å². The van der Waals surface area contributed by atoms with Crippen molar-refractivity contribution in [2.75, 3.05) is 31.1 Å². The van der Waals surface area contributed by atoms with Crippen molar-refractivity contribution in [2.24, 2.45) is 0 Å². The zero-order valence-electron chi connectivity index (χ0n) is 14.2. The predicted octanol–water partition coefficient (Wildman–Crippen LogP) is 3.87. The second-order valence-corrected chi connectivity index (χ2v) is 6.64. The average molecular weight is 317 g/mol. The van der Waals surface area contributed by atoms with Crippen LogP contribution < -0.4 is 4.90 Å². The Hall–Kier alpha value is -2.39. The van der Waals surface area contributed by atoms with E-state index in [1.807, 2.05) is 12.3 Å². The van der Waals surface area contributed by atoms with Crippen LogP contribution in [0.4, 0.5) is 5.82 Å². The molecule has 3 aromatic rings. The quantitative estimate of drug-likeness (QED) is 0.731. The number of rotatable bonds is 3. The Bertz CT molecular complexity index is 821. The number of hydrogen-bond donors (Lipinski definition) is 0. The van der Waals surface area contributed by atoms with Crippen LogP contribution in [0.5, 0.6) is 0 Å². The number of benzene rings is 2. The molecule has 122 valence electrons. The summed E-state index contributed by atoms with van der Waals surface area (Å²) in [4.78, 5) is 9.37. The van der Waals surface area contributed by atoms with Gasteiger partial charge in [0.05, 0.1) is 0 Å². The summed E-state index contributed by atoms with van der Waals surface area (Å²) in [7, 11) is 0. The SMILES string of the molecule is Cc1ccc2cc(CN3CCN(c4ccccn4)CC3)ccc2c1. The number of piperazine rings is 1. The number of pyridine rings is 1. The molecule has 1 fully saturated rings. The van der Waals surface area contributed by atoms with E-state index in [1.54, 1.807) is 0 Å². The molecular formula is C21H23N3. The zero-order chi connectivity index (χ0) is 16.4. The van der Waals surface area contributed by atoms with Gasteiger partial charge in [0, 0.05) is 38.9 Å². The van der Waals surface area contributed by atoms with Crippen LogP contribution in [0.2, 0.25) is 0 Å². The van der Waals surface area contributed by atoms with Gasteiger partial charge in [0.2, 0.25) is 0 Å². The van der Waals surface area contributed by atoms with Crippen LogP contribution in [0, 0.1) is 6.92 Å². The molecule has 0 unspecified atom stereocenters. The van der Waals surface area contributed by atoms with Gasteiger partial charge in [0.25, 0.3) is 0 Å². The summed E-state index contributed by atoms with van der Waals surface area (Å²) in [5.41, 5.74) is 2.72. The first-order valence-electron chi connectivity index (χ1n) is 8.65. The topological polar surface area (TPSA) is 19.4 Å². The summed E-state index contributed by atoms with van der Waals surface area (Å²) >= 11 is 0. The number of nitrogens with zero attached hydrogens (tertiary/aromatic N) is 3. The third-order valence-corrected chi connectivity index (χ3v) is 4.81. The minimum atomic E-state index is 1.03. The molecule has 0 bridgehead atoms. The molecule has 0 aliphatic carbocycles. The number of anilines is 1. The fraction of sp³-hybridized carbons (Fsp3) is 0.286. The summed E-state index contributed by atoms with van der Waals surface area (Å²) in [6.07, 6.45) is 1.87. The third kappa shape index (κ3) is 3.26. The van der Waals surface area contributed by atoms with Crippen LogP contribution >= 0.6 is 0 Å². The van der Waals surface area contributed by atoms with Crippen molar-refractivity contribution in [3.8, 4) is 0 Å². The molecule has 0 spiro atoms. The predicted molar refractivity (Wildman–Crippen MR) is 100 cm³/mol. The van der Waals surface area contributed by atoms with E-state index in [0.717, 1.165) is 38.5 Å². The molecule has 0 N–H and O–H groups in total. The average Bonchev–Trinajstić information content (AvgIpc) is 2.63. The van der Waals surface area contributed by atoms with Crippen LogP contribution in [0.25, 0.3) is 10.8 Å². The van der Waals surface area contributed by atoms with E-state index in [4.69, 9.17) is 0 Å². The van der Waals surface area contributed by atoms with Crippen LogP contribution in [0.3, 0.4) is 0 Å². The molecule has 2 aromatic carbocycles. The molecule has 4 rings (SSSR count). The summed E-state index contributed by atoms with van der Waals surface area (Å²) < 4.78 is 0. The number of aryl methyl sites for hydroxylation is 1. The second kappa shape index (κ2) is 6.62. The van der Waals surface area contributed by atoms with E-state index in [1.165, 1.54) is 21.9 Å². The van der Waals surface area contributed by atoms with Crippen molar-refractivity contribution in [3.05, 3.63) is 71.9 Å². The van der Waals surface area contributed by atoms with E-state index in [9.17, 15) is 0 Å². The van der Waals surface area contributed by atoms with Crippen molar-refractivity contribution >= 4 is 16.6 Å². The van der Waals surface area contributed by atoms with Crippen molar-refractivity contribution < 1.29 is 0 Å². The van der Waals surface area contributed by atoms with Crippen LogP contribution in [0.15, 0.2) is 60.8 Å². The molecule has 1 aliphatic rings. The molecule has 0 saturated carbocycles. The Morgan fingerprint density at radius 2 is 1.67 bits per heavy atom. The van der Waals surface area contributed by atoms with Crippen LogP contribution in [0.1, 0.15) is 11.1 Å². The monoisotopic (exact) mass is 317 g/mol. The molecule has 0 radical (unpaired) electrons. The minimum Gasteiger partial charge on any atom is -0.354 e. The smallest absolute Gasteiger partial charge is 0.128 e. The number of aromatic nitrogens is 1. The summed E-state index contributed by atoms with van der Waals surface area (Å²) in [6.45, 7) is 7.44. The molecule has 2 heterocycles. The van der Waals surface area contributed by atoms with Gasteiger partial charge in [-0.25, -0.2) is 4.98 Å². The lowest BCUT2D eigenvalue weighted by molar-refractivity contribution is 0.249. The first-order valence-corrected chi connectivity index (χ1v) is 8.65. The molecule has 1 aliphatic heterocycles. The van der Waals surface area contributed by atoms with Gasteiger partial charge in [-0.1, -0.05) is 42.0 Å². The summed E-state index contributed by atoms with van der Waals surface area (Å²) in [6, 6.07) is 19.7. The molecule has 1 aromatic heterocycles. The fourth-order valence-corrected chi connectivity index (χ4v) is 3.45. The van der Waals surface area contributed by atoms with E-state index in [0.29, 0.717) is 0 Å². The maximum atomic E-state index is 4.46. The Balaban J connectivity index is 1.41. The van der Waals surface area contributed by atoms with Crippen molar-refractivity contribution in [1.82, 2.24) is 9.88 Å². The Morgan fingerprint density at radius 3 is 2.46 bits per heavy atom. The van der Waals surface area contributed by atoms with Gasteiger partial charge in [0.15, 0.2) is 0 Å². The minimum absolute atomic E-state index is 1.03. The largest absolute Gasteiger partial charge is 0.354 e. The molecule has 3 nitrogen and oxygen atoms in total. The Kier molecular flexibility index (Phi) is 4.18. The van der Waals surface area contributed by atoms with Gasteiger partial charge < -0.3 is 4.90 Å². The normalized spacial score (nSPS) is 15.8. The highest BCUT2D eigenvalue weighted by Crippen LogP contribution is 2.20. The third-order valence-electron chi connectivity index (χ3n) is 4.81. The summed E-state index contributed by atoms with van der Waals surface area (Å²) in [5, 5.41) is 2.67. The molecule has 0 amide bonds. The molecule has 0 atom stereocenters. The van der Waals surface area contributed by atoms with Gasteiger partial charge in [-0.2, -0.15) is 0 Å². The van der Waals surface area contributed by atoms with E-state index in [2.05, 4.69) is 70.2 Å². The van der Waals surface area contributed by atoms with Crippen LogP contribution in [-0.4, -0.2) is 36.1 Å². The standard InChI is InChI=1S/C21H23N3/c1-17-5-7-20-15-18(6-8-19(20)14-17)16-23-10-12-24(13-11-23)21-4-2-3-9-22-21/h2-9,14-15H,10-13,16H2,1H3. The lowest BCUT2D eigenvalue weighted by atomic mass is 10.0. The van der Waals surface area contributed by atoms with Gasteiger partial charge in [-0.15, -0.1) is 0 Å². The molecule has 3 heteroatoms. The van der Waals surface area contributed by atoms with Crippen molar-refractivity contribution in [1.29, 1.82) is 0 Å². The van der Waals surface area contributed by atoms with Gasteiger partial charge in [-0.05, 0) is 41.5 Å². The Labute approximate surface area is 143 Å². The van der Waals surface area contributed by atoms with Gasteiger partial charge in [-0.3, -0.25) is 4.90 Å². The fourth-order valence-electron chi connectivity index (χ4n) is 3.45. The zero-order valence-corrected chi connectivity index (χ0v) is 14.2. The van der Waals surface area contributed by atoms with E-state index < -0.39 is 0 Å². The highest BCUT2D eigenvalue weighted by Gasteiger charge is 2.17. The lowest BCUT2D eigenvalue weighted by Crippen LogP contribution is -2.46. The first-order chi connectivity index (χ1) is 11.8. The maximum absolute atomic E-state index is 4.46. The molecule has 24 heavy (non-hydrogen) atoms. The summed E-state index contributed by atoms with van der Waals surface area (Å²) in [5.74, 6) is 1.10. The molecular weight excluding hydrogens is 294 g/mol. The van der Waals surface area contributed by atoms with Crippen molar-refractivity contribution in [2.45, 2.75) is 13.5 Å². The molecule has 1 saturated heterocycles. The first kappa shape index (κ1) is 15.2.